The summed E-state index contributed by atoms with van der Waals surface area (Å²) in [5.41, 5.74) is 1.79. The van der Waals surface area contributed by atoms with Gasteiger partial charge < -0.3 is 5.11 Å². The Morgan fingerprint density at radius 1 is 1.44 bits per heavy atom. The largest absolute Gasteiger partial charge is 0.477 e. The fourth-order valence-electron chi connectivity index (χ4n) is 1.85. The number of carbonyl (C=O) groups is 1. The van der Waals surface area contributed by atoms with Crippen LogP contribution in [0.2, 0.25) is 0 Å². The topological polar surface area (TPSA) is 63.1 Å². The van der Waals surface area contributed by atoms with E-state index in [1.807, 2.05) is 12.3 Å². The molecule has 1 aliphatic rings. The van der Waals surface area contributed by atoms with Gasteiger partial charge in [0.2, 0.25) is 0 Å². The number of aryl methyl sites for hydroxylation is 1. The second kappa shape index (κ2) is 4.44. The molecule has 3 rings (SSSR count). The third kappa shape index (κ3) is 2.30. The monoisotopic (exact) mass is 280 g/mol. The molecule has 0 atom stereocenters. The lowest BCUT2D eigenvalue weighted by Gasteiger charge is -1.92. The lowest BCUT2D eigenvalue weighted by Crippen LogP contribution is -1.97. The molecule has 0 radical (unpaired) electrons. The van der Waals surface area contributed by atoms with Crippen molar-refractivity contribution in [3.8, 4) is 0 Å². The van der Waals surface area contributed by atoms with E-state index in [9.17, 15) is 9.90 Å². The zero-order valence-electron chi connectivity index (χ0n) is 9.84. The van der Waals surface area contributed by atoms with Crippen LogP contribution in [0.1, 0.15) is 49.8 Å². The van der Waals surface area contributed by atoms with E-state index in [1.165, 1.54) is 11.3 Å². The Bertz CT molecular complexity index is 599. The lowest BCUT2D eigenvalue weighted by atomic mass is 10.2. The average molecular weight is 280 g/mol. The number of hydrogen-bond acceptors (Lipinski definition) is 5. The van der Waals surface area contributed by atoms with E-state index in [-0.39, 0.29) is 0 Å². The number of nitrogens with zero attached hydrogens (tertiary/aromatic N) is 2. The predicted octanol–water partition coefficient (Wildman–Crippen LogP) is 3.07. The molecular formula is C12H12N2O2S2. The molecule has 0 saturated heterocycles. The smallest absolute Gasteiger partial charge is 0.347 e. The maximum Gasteiger partial charge on any atom is 0.347 e. The maximum absolute atomic E-state index is 11.2. The van der Waals surface area contributed by atoms with Crippen LogP contribution < -0.4 is 0 Å². The van der Waals surface area contributed by atoms with Gasteiger partial charge in [-0.15, -0.1) is 22.7 Å². The molecule has 94 valence electrons. The van der Waals surface area contributed by atoms with Crippen molar-refractivity contribution in [2.45, 2.75) is 32.1 Å². The van der Waals surface area contributed by atoms with E-state index in [1.54, 1.807) is 11.3 Å². The summed E-state index contributed by atoms with van der Waals surface area (Å²) in [6.07, 6.45) is 2.79. The molecular weight excluding hydrogens is 268 g/mol. The van der Waals surface area contributed by atoms with E-state index in [0.29, 0.717) is 17.2 Å². The summed E-state index contributed by atoms with van der Waals surface area (Å²) in [6, 6.07) is 0. The van der Waals surface area contributed by atoms with Gasteiger partial charge in [0.1, 0.15) is 9.88 Å². The van der Waals surface area contributed by atoms with Crippen LogP contribution >= 0.6 is 22.7 Å². The highest BCUT2D eigenvalue weighted by Crippen LogP contribution is 2.42. The Morgan fingerprint density at radius 3 is 2.78 bits per heavy atom. The van der Waals surface area contributed by atoms with E-state index in [2.05, 4.69) is 9.97 Å². The molecule has 2 heterocycles. The van der Waals surface area contributed by atoms with Crippen LogP contribution in [0.4, 0.5) is 0 Å². The third-order valence-corrected chi connectivity index (χ3v) is 4.85. The van der Waals surface area contributed by atoms with Crippen LogP contribution in [0.5, 0.6) is 0 Å². The van der Waals surface area contributed by atoms with Gasteiger partial charge in [-0.25, -0.2) is 14.8 Å². The number of hydrogen-bond donors (Lipinski definition) is 1. The Balaban J connectivity index is 1.88. The zero-order chi connectivity index (χ0) is 12.7. The van der Waals surface area contributed by atoms with E-state index in [4.69, 9.17) is 0 Å². The van der Waals surface area contributed by atoms with Crippen LogP contribution in [0.3, 0.4) is 0 Å². The summed E-state index contributed by atoms with van der Waals surface area (Å²) in [7, 11) is 0. The minimum atomic E-state index is -0.851. The Morgan fingerprint density at radius 2 is 2.22 bits per heavy atom. The predicted molar refractivity (Wildman–Crippen MR) is 70.7 cm³/mol. The van der Waals surface area contributed by atoms with Crippen LogP contribution in [-0.4, -0.2) is 21.0 Å². The molecule has 0 unspecified atom stereocenters. The SMILES string of the molecule is Cc1csc(Cc2nc(C3CC3)c(C(=O)O)s2)n1. The molecule has 0 aliphatic heterocycles. The minimum absolute atomic E-state index is 0.374. The van der Waals surface area contributed by atoms with Crippen LogP contribution in [0.15, 0.2) is 5.38 Å². The zero-order valence-corrected chi connectivity index (χ0v) is 11.5. The van der Waals surface area contributed by atoms with Gasteiger partial charge in [-0.2, -0.15) is 0 Å². The summed E-state index contributed by atoms with van der Waals surface area (Å²) in [4.78, 5) is 20.5. The minimum Gasteiger partial charge on any atom is -0.477 e. The Hall–Kier alpha value is -1.27. The molecule has 1 saturated carbocycles. The second-order valence-electron chi connectivity index (χ2n) is 4.46. The first kappa shape index (κ1) is 11.8. The number of aromatic carboxylic acids is 1. The fourth-order valence-corrected chi connectivity index (χ4v) is 3.71. The highest BCUT2D eigenvalue weighted by molar-refractivity contribution is 7.14. The van der Waals surface area contributed by atoms with Gasteiger partial charge in [0.25, 0.3) is 0 Å². The lowest BCUT2D eigenvalue weighted by molar-refractivity contribution is 0.0700. The number of carboxylic acids is 1. The number of rotatable bonds is 4. The summed E-state index contributed by atoms with van der Waals surface area (Å²) in [6.45, 7) is 1.96. The van der Waals surface area contributed by atoms with Crippen molar-refractivity contribution in [3.63, 3.8) is 0 Å². The molecule has 0 aromatic carbocycles. The molecule has 6 heteroatoms. The molecule has 2 aromatic heterocycles. The Kier molecular flexibility index (Phi) is 2.91. The van der Waals surface area contributed by atoms with Gasteiger partial charge in [-0.1, -0.05) is 0 Å². The molecule has 1 fully saturated rings. The highest BCUT2D eigenvalue weighted by atomic mass is 32.1. The van der Waals surface area contributed by atoms with Crippen LogP contribution in [0.25, 0.3) is 0 Å². The van der Waals surface area contributed by atoms with Crippen molar-refractivity contribution < 1.29 is 9.90 Å². The second-order valence-corrected chi connectivity index (χ2v) is 6.49. The van der Waals surface area contributed by atoms with Gasteiger partial charge in [0, 0.05) is 17.0 Å². The average Bonchev–Trinajstić information content (AvgIpc) is 2.95. The number of aromatic nitrogens is 2. The quantitative estimate of drug-likeness (QED) is 0.934. The summed E-state index contributed by atoms with van der Waals surface area (Å²) >= 11 is 2.90. The first-order chi connectivity index (χ1) is 8.63. The first-order valence-corrected chi connectivity index (χ1v) is 7.47. The van der Waals surface area contributed by atoms with Gasteiger partial charge >= 0.3 is 5.97 Å². The molecule has 4 nitrogen and oxygen atoms in total. The number of carboxylic acid groups (broad SMARTS) is 1. The van der Waals surface area contributed by atoms with Crippen molar-refractivity contribution in [1.29, 1.82) is 0 Å². The molecule has 0 bridgehead atoms. The normalized spacial score (nSPS) is 14.9. The van der Waals surface area contributed by atoms with Crippen LogP contribution in [-0.2, 0) is 6.42 Å². The van der Waals surface area contributed by atoms with Crippen molar-refractivity contribution >= 4 is 28.6 Å². The third-order valence-electron chi connectivity index (χ3n) is 2.82. The van der Waals surface area contributed by atoms with Gasteiger partial charge in [-0.3, -0.25) is 0 Å². The van der Waals surface area contributed by atoms with E-state index >= 15 is 0 Å². The highest BCUT2D eigenvalue weighted by Gasteiger charge is 2.32. The number of thiazole rings is 2. The molecule has 18 heavy (non-hydrogen) atoms. The van der Waals surface area contributed by atoms with Crippen molar-refractivity contribution in [2.24, 2.45) is 0 Å². The van der Waals surface area contributed by atoms with Gasteiger partial charge in [0.15, 0.2) is 0 Å². The van der Waals surface area contributed by atoms with Crippen molar-refractivity contribution in [1.82, 2.24) is 9.97 Å². The van der Waals surface area contributed by atoms with Crippen molar-refractivity contribution in [2.75, 3.05) is 0 Å². The summed E-state index contributed by atoms with van der Waals surface area (Å²) in [5, 5.41) is 13.1. The van der Waals surface area contributed by atoms with E-state index in [0.717, 1.165) is 34.2 Å². The molecule has 1 N–H and O–H groups in total. The van der Waals surface area contributed by atoms with Gasteiger partial charge in [-0.05, 0) is 19.8 Å². The van der Waals surface area contributed by atoms with Gasteiger partial charge in [0.05, 0.1) is 17.1 Å². The first-order valence-electron chi connectivity index (χ1n) is 5.77. The maximum atomic E-state index is 11.2. The Labute approximate surface area is 112 Å². The molecule has 1 aliphatic carbocycles. The summed E-state index contributed by atoms with van der Waals surface area (Å²) < 4.78 is 0. The molecule has 0 amide bonds. The van der Waals surface area contributed by atoms with Crippen LogP contribution in [0, 0.1) is 6.92 Å². The summed E-state index contributed by atoms with van der Waals surface area (Å²) in [5.74, 6) is -0.477. The molecule has 0 spiro atoms. The van der Waals surface area contributed by atoms with E-state index < -0.39 is 5.97 Å². The fraction of sp³-hybridized carbons (Fsp3) is 0.417. The molecule has 2 aromatic rings. The standard InChI is InChI=1S/C12H12N2O2S2/c1-6-5-17-8(13-6)4-9-14-10(7-2-3-7)11(18-9)12(15)16/h5,7H,2-4H2,1H3,(H,15,16). The van der Waals surface area contributed by atoms with Crippen molar-refractivity contribution in [3.05, 3.63) is 31.7 Å².